The summed E-state index contributed by atoms with van der Waals surface area (Å²) < 4.78 is 0. The van der Waals surface area contributed by atoms with Crippen molar-refractivity contribution < 1.29 is 15.0 Å². The Bertz CT molecular complexity index is 281. The third kappa shape index (κ3) is 1.65. The molecule has 0 amide bonds. The van der Waals surface area contributed by atoms with Crippen molar-refractivity contribution in [2.75, 3.05) is 0 Å². The van der Waals surface area contributed by atoms with E-state index < -0.39 is 17.0 Å². The highest BCUT2D eigenvalue weighted by Crippen LogP contribution is 2.53. The molecule has 0 aromatic carbocycles. The second kappa shape index (κ2) is 4.02. The molecule has 3 heteroatoms. The SMILES string of the molecule is CC1CCCC(O)(C2(C(=O)O)CCCC2)C1. The zero-order valence-corrected chi connectivity index (χ0v) is 10.0. The summed E-state index contributed by atoms with van der Waals surface area (Å²) in [7, 11) is 0. The van der Waals surface area contributed by atoms with E-state index in [0.717, 1.165) is 25.7 Å². The number of hydrogen-bond acceptors (Lipinski definition) is 2. The van der Waals surface area contributed by atoms with Gasteiger partial charge in [0.1, 0.15) is 0 Å². The summed E-state index contributed by atoms with van der Waals surface area (Å²) in [4.78, 5) is 11.6. The molecule has 0 bridgehead atoms. The zero-order valence-electron chi connectivity index (χ0n) is 10.0. The smallest absolute Gasteiger partial charge is 0.312 e. The van der Waals surface area contributed by atoms with Gasteiger partial charge in [-0.15, -0.1) is 0 Å². The number of rotatable bonds is 2. The molecular formula is C13H22O3. The van der Waals surface area contributed by atoms with Crippen molar-refractivity contribution in [2.45, 2.75) is 63.9 Å². The van der Waals surface area contributed by atoms with Gasteiger partial charge in [0.15, 0.2) is 0 Å². The van der Waals surface area contributed by atoms with E-state index in [1.54, 1.807) is 0 Å². The predicted octanol–water partition coefficient (Wildman–Crippen LogP) is 2.57. The highest BCUT2D eigenvalue weighted by Gasteiger charge is 2.57. The Labute approximate surface area is 96.9 Å². The van der Waals surface area contributed by atoms with Crippen molar-refractivity contribution in [3.8, 4) is 0 Å². The Morgan fingerprint density at radius 3 is 2.31 bits per heavy atom. The van der Waals surface area contributed by atoms with E-state index in [2.05, 4.69) is 6.92 Å². The molecule has 2 atom stereocenters. The molecule has 0 aliphatic heterocycles. The topological polar surface area (TPSA) is 57.5 Å². The summed E-state index contributed by atoms with van der Waals surface area (Å²) in [6.45, 7) is 2.12. The standard InChI is InChI=1S/C13H22O3/c1-10-5-4-8-13(16,9-10)12(11(14)15)6-2-3-7-12/h10,16H,2-9H2,1H3,(H,14,15). The van der Waals surface area contributed by atoms with E-state index in [1.807, 2.05) is 0 Å². The van der Waals surface area contributed by atoms with Gasteiger partial charge >= 0.3 is 5.97 Å². The maximum atomic E-state index is 11.6. The van der Waals surface area contributed by atoms with E-state index >= 15 is 0 Å². The van der Waals surface area contributed by atoms with Gasteiger partial charge in [-0.05, 0) is 31.6 Å². The maximum absolute atomic E-state index is 11.6. The van der Waals surface area contributed by atoms with Crippen LogP contribution in [0.1, 0.15) is 58.3 Å². The van der Waals surface area contributed by atoms with Crippen LogP contribution in [-0.4, -0.2) is 21.8 Å². The Balaban J connectivity index is 2.28. The molecule has 16 heavy (non-hydrogen) atoms. The van der Waals surface area contributed by atoms with Crippen LogP contribution < -0.4 is 0 Å². The first-order chi connectivity index (χ1) is 7.50. The number of carbonyl (C=O) groups is 1. The molecule has 0 heterocycles. The monoisotopic (exact) mass is 226 g/mol. The molecule has 92 valence electrons. The maximum Gasteiger partial charge on any atom is 0.312 e. The molecular weight excluding hydrogens is 204 g/mol. The Hall–Kier alpha value is -0.570. The predicted molar refractivity (Wildman–Crippen MR) is 61.1 cm³/mol. The van der Waals surface area contributed by atoms with E-state index in [4.69, 9.17) is 0 Å². The molecule has 0 spiro atoms. The van der Waals surface area contributed by atoms with E-state index in [-0.39, 0.29) is 0 Å². The second-order valence-corrected chi connectivity index (χ2v) is 5.83. The number of carboxylic acids is 1. The molecule has 2 N–H and O–H groups in total. The van der Waals surface area contributed by atoms with Gasteiger partial charge in [-0.3, -0.25) is 4.79 Å². The summed E-state index contributed by atoms with van der Waals surface area (Å²) in [6, 6.07) is 0. The lowest BCUT2D eigenvalue weighted by atomic mass is 9.62. The molecule has 0 radical (unpaired) electrons. The van der Waals surface area contributed by atoms with Crippen molar-refractivity contribution in [1.82, 2.24) is 0 Å². The lowest BCUT2D eigenvalue weighted by Gasteiger charge is -2.46. The van der Waals surface area contributed by atoms with Crippen LogP contribution >= 0.6 is 0 Å². The van der Waals surface area contributed by atoms with Crippen molar-refractivity contribution in [3.05, 3.63) is 0 Å². The van der Waals surface area contributed by atoms with Gasteiger partial charge in [0.2, 0.25) is 0 Å². The van der Waals surface area contributed by atoms with Crippen molar-refractivity contribution >= 4 is 5.97 Å². The lowest BCUT2D eigenvalue weighted by molar-refractivity contribution is -0.176. The number of carboxylic acid groups (broad SMARTS) is 1. The molecule has 0 saturated heterocycles. The van der Waals surface area contributed by atoms with Crippen LogP contribution in [0.4, 0.5) is 0 Å². The van der Waals surface area contributed by atoms with Crippen LogP contribution in [0.3, 0.4) is 0 Å². The van der Waals surface area contributed by atoms with E-state index in [0.29, 0.717) is 31.6 Å². The zero-order chi connectivity index (χ0) is 11.8. The fraction of sp³-hybridized carbons (Fsp3) is 0.923. The van der Waals surface area contributed by atoms with Gasteiger partial charge in [0.25, 0.3) is 0 Å². The first-order valence-corrected chi connectivity index (χ1v) is 6.46. The highest BCUT2D eigenvalue weighted by atomic mass is 16.4. The third-order valence-electron chi connectivity index (χ3n) is 4.73. The minimum absolute atomic E-state index is 0.454. The molecule has 0 aromatic rings. The summed E-state index contributed by atoms with van der Waals surface area (Å²) >= 11 is 0. The molecule has 2 saturated carbocycles. The summed E-state index contributed by atoms with van der Waals surface area (Å²) in [6.07, 6.45) is 6.64. The average Bonchev–Trinajstić information content (AvgIpc) is 2.66. The van der Waals surface area contributed by atoms with Gasteiger partial charge in [0.05, 0.1) is 11.0 Å². The van der Waals surface area contributed by atoms with Gasteiger partial charge in [-0.25, -0.2) is 0 Å². The van der Waals surface area contributed by atoms with Gasteiger partial charge in [-0.2, -0.15) is 0 Å². The summed E-state index contributed by atoms with van der Waals surface area (Å²) in [5.74, 6) is -0.322. The van der Waals surface area contributed by atoms with Crippen LogP contribution in [0.25, 0.3) is 0 Å². The Morgan fingerprint density at radius 1 is 1.19 bits per heavy atom. The molecule has 2 aliphatic carbocycles. The van der Waals surface area contributed by atoms with Crippen LogP contribution in [0.2, 0.25) is 0 Å². The Morgan fingerprint density at radius 2 is 1.81 bits per heavy atom. The first kappa shape index (κ1) is 11.9. The van der Waals surface area contributed by atoms with Gasteiger partial charge < -0.3 is 10.2 Å². The summed E-state index contributed by atoms with van der Waals surface area (Å²) in [5.41, 5.74) is -1.80. The minimum atomic E-state index is -0.951. The molecule has 2 rings (SSSR count). The van der Waals surface area contributed by atoms with Crippen molar-refractivity contribution in [3.63, 3.8) is 0 Å². The minimum Gasteiger partial charge on any atom is -0.481 e. The number of aliphatic hydroxyl groups is 1. The van der Waals surface area contributed by atoms with Crippen molar-refractivity contribution in [2.24, 2.45) is 11.3 Å². The quantitative estimate of drug-likeness (QED) is 0.760. The average molecular weight is 226 g/mol. The number of hydrogen-bond donors (Lipinski definition) is 2. The Kier molecular flexibility index (Phi) is 2.99. The molecule has 3 nitrogen and oxygen atoms in total. The van der Waals surface area contributed by atoms with Crippen LogP contribution in [0.5, 0.6) is 0 Å². The fourth-order valence-corrected chi connectivity index (χ4v) is 3.82. The van der Waals surface area contributed by atoms with Crippen molar-refractivity contribution in [1.29, 1.82) is 0 Å². The lowest BCUT2D eigenvalue weighted by Crippen LogP contribution is -2.54. The number of aliphatic carboxylic acids is 1. The molecule has 2 fully saturated rings. The molecule has 0 aromatic heterocycles. The third-order valence-corrected chi connectivity index (χ3v) is 4.73. The second-order valence-electron chi connectivity index (χ2n) is 5.83. The van der Waals surface area contributed by atoms with Gasteiger partial charge in [0, 0.05) is 0 Å². The van der Waals surface area contributed by atoms with Crippen LogP contribution in [0, 0.1) is 11.3 Å². The van der Waals surface area contributed by atoms with E-state index in [9.17, 15) is 15.0 Å². The molecule has 2 unspecified atom stereocenters. The first-order valence-electron chi connectivity index (χ1n) is 6.46. The molecule has 2 aliphatic rings. The van der Waals surface area contributed by atoms with E-state index in [1.165, 1.54) is 0 Å². The largest absolute Gasteiger partial charge is 0.481 e. The van der Waals surface area contributed by atoms with Gasteiger partial charge in [-0.1, -0.05) is 32.6 Å². The normalized spacial score (nSPS) is 38.5. The van der Waals surface area contributed by atoms with Crippen LogP contribution in [-0.2, 0) is 4.79 Å². The summed E-state index contributed by atoms with van der Waals surface area (Å²) in [5, 5.41) is 20.3. The fourth-order valence-electron chi connectivity index (χ4n) is 3.82. The van der Waals surface area contributed by atoms with Crippen LogP contribution in [0.15, 0.2) is 0 Å². The highest BCUT2D eigenvalue weighted by molar-refractivity contribution is 5.76.